The number of carbonyl (C=O) groups is 1. The van der Waals surface area contributed by atoms with Gasteiger partial charge in [-0.15, -0.1) is 0 Å². The fourth-order valence-corrected chi connectivity index (χ4v) is 6.38. The molecule has 0 radical (unpaired) electrons. The van der Waals surface area contributed by atoms with Crippen molar-refractivity contribution in [1.82, 2.24) is 0 Å². The van der Waals surface area contributed by atoms with Crippen molar-refractivity contribution < 1.29 is 4.79 Å². The summed E-state index contributed by atoms with van der Waals surface area (Å²) in [4.78, 5) is 12.9. The van der Waals surface area contributed by atoms with Crippen molar-refractivity contribution in [3.63, 3.8) is 0 Å². The largest absolute Gasteiger partial charge is 0.289 e. The number of allylic oxidation sites excluding steroid dienone is 5. The van der Waals surface area contributed by atoms with Crippen LogP contribution < -0.4 is 0 Å². The highest BCUT2D eigenvalue weighted by Crippen LogP contribution is 2.45. The normalized spacial score (nSPS) is 14.8. The van der Waals surface area contributed by atoms with Gasteiger partial charge in [0, 0.05) is 11.1 Å². The summed E-state index contributed by atoms with van der Waals surface area (Å²) in [7, 11) is 0. The molecule has 0 heterocycles. The third kappa shape index (κ3) is 9.39. The van der Waals surface area contributed by atoms with E-state index in [9.17, 15) is 4.79 Å². The first-order chi connectivity index (χ1) is 18.6. The van der Waals surface area contributed by atoms with Crippen molar-refractivity contribution in [3.8, 4) is 0 Å². The van der Waals surface area contributed by atoms with E-state index in [-0.39, 0.29) is 5.78 Å². The van der Waals surface area contributed by atoms with E-state index in [0.717, 1.165) is 17.6 Å². The highest BCUT2D eigenvalue weighted by Gasteiger charge is 2.32. The molecule has 0 amide bonds. The van der Waals surface area contributed by atoms with E-state index >= 15 is 0 Å². The van der Waals surface area contributed by atoms with E-state index in [4.69, 9.17) is 0 Å². The lowest BCUT2D eigenvalue weighted by Gasteiger charge is -2.23. The van der Waals surface area contributed by atoms with E-state index < -0.39 is 0 Å². The predicted octanol–water partition coefficient (Wildman–Crippen LogP) is 12.0. The minimum absolute atomic E-state index is 0.223. The summed E-state index contributed by atoms with van der Waals surface area (Å²) >= 11 is 0. The van der Waals surface area contributed by atoms with Crippen LogP contribution in [0.2, 0.25) is 0 Å². The Balaban J connectivity index is 1.19. The summed E-state index contributed by atoms with van der Waals surface area (Å²) in [5, 5.41) is 0. The Hall–Kier alpha value is -1.89. The van der Waals surface area contributed by atoms with Crippen molar-refractivity contribution in [2.45, 2.75) is 156 Å². The summed E-state index contributed by atoms with van der Waals surface area (Å²) in [5.74, 6) is 0.223. The number of benzene rings is 1. The van der Waals surface area contributed by atoms with E-state index in [1.165, 1.54) is 156 Å². The molecule has 1 aromatic rings. The number of carbonyl (C=O) groups excluding carboxylic acids is 1. The molecule has 1 aromatic carbocycles. The maximum absolute atomic E-state index is 12.9. The van der Waals surface area contributed by atoms with Crippen LogP contribution in [-0.4, -0.2) is 5.78 Å². The van der Waals surface area contributed by atoms with E-state index in [2.05, 4.69) is 44.2 Å². The van der Waals surface area contributed by atoms with Gasteiger partial charge in [0.1, 0.15) is 0 Å². The Labute approximate surface area is 235 Å². The number of Topliss-reactive ketones (excluding diaryl/α,β-unsaturated/α-hetero) is 1. The molecule has 0 spiro atoms. The fourth-order valence-electron chi connectivity index (χ4n) is 6.38. The van der Waals surface area contributed by atoms with Crippen molar-refractivity contribution in [1.29, 1.82) is 0 Å². The quantitative estimate of drug-likeness (QED) is 0.148. The second-order valence-corrected chi connectivity index (χ2v) is 12.0. The number of hydrogen-bond donors (Lipinski definition) is 0. The molecule has 0 saturated carbocycles. The Bertz CT molecular complexity index is 957. The summed E-state index contributed by atoms with van der Waals surface area (Å²) in [6.07, 6.45) is 31.5. The van der Waals surface area contributed by atoms with Gasteiger partial charge in [0.15, 0.2) is 5.78 Å². The minimum Gasteiger partial charge on any atom is -0.289 e. The molecule has 2 aliphatic carbocycles. The average Bonchev–Trinajstić information content (AvgIpc) is 3.32. The van der Waals surface area contributed by atoms with E-state index in [1.54, 1.807) is 0 Å². The number of rotatable bonds is 21. The first-order valence-electron chi connectivity index (χ1n) is 16.4. The Morgan fingerprint density at radius 1 is 0.553 bits per heavy atom. The topological polar surface area (TPSA) is 17.1 Å². The van der Waals surface area contributed by atoms with Crippen molar-refractivity contribution in [2.24, 2.45) is 0 Å². The Morgan fingerprint density at radius 3 is 1.50 bits per heavy atom. The molecule has 0 bridgehead atoms. The fraction of sp³-hybridized carbons (Fsp3) is 0.649. The van der Waals surface area contributed by atoms with Gasteiger partial charge in [-0.1, -0.05) is 153 Å². The molecule has 210 valence electrons. The number of ketones is 1. The van der Waals surface area contributed by atoms with E-state index in [0.29, 0.717) is 0 Å². The van der Waals surface area contributed by atoms with Gasteiger partial charge in [-0.25, -0.2) is 0 Å². The van der Waals surface area contributed by atoms with Crippen LogP contribution in [0.3, 0.4) is 0 Å². The maximum Gasteiger partial charge on any atom is 0.189 e. The molecule has 0 aromatic heterocycles. The van der Waals surface area contributed by atoms with Crippen molar-refractivity contribution >= 4 is 17.4 Å². The van der Waals surface area contributed by atoms with Gasteiger partial charge in [0.05, 0.1) is 0 Å². The van der Waals surface area contributed by atoms with Crippen LogP contribution in [0.5, 0.6) is 0 Å². The third-order valence-corrected chi connectivity index (χ3v) is 8.98. The summed E-state index contributed by atoms with van der Waals surface area (Å²) < 4.78 is 0. The lowest BCUT2D eigenvalue weighted by atomic mass is 9.80. The Morgan fingerprint density at radius 2 is 1.00 bits per heavy atom. The van der Waals surface area contributed by atoms with Crippen LogP contribution in [0.25, 0.3) is 11.6 Å². The lowest BCUT2D eigenvalue weighted by molar-refractivity contribution is -0.111. The molecule has 0 N–H and O–H groups in total. The van der Waals surface area contributed by atoms with Gasteiger partial charge in [-0.05, 0) is 60.6 Å². The highest BCUT2D eigenvalue weighted by atomic mass is 16.1. The van der Waals surface area contributed by atoms with Gasteiger partial charge >= 0.3 is 0 Å². The maximum atomic E-state index is 12.9. The first kappa shape index (κ1) is 30.6. The van der Waals surface area contributed by atoms with Crippen LogP contribution in [0.1, 0.15) is 167 Å². The van der Waals surface area contributed by atoms with Crippen molar-refractivity contribution in [3.05, 3.63) is 57.7 Å². The molecule has 0 saturated heterocycles. The molecule has 1 heteroatoms. The van der Waals surface area contributed by atoms with Crippen LogP contribution in [0.4, 0.5) is 0 Å². The minimum atomic E-state index is 0.223. The SMILES string of the molecule is CCCCCCCCCCCCCCCCCCCCCCC1=C2C(=Cc3ccccc32)C(=O)C(C)=C1C. The third-order valence-electron chi connectivity index (χ3n) is 8.98. The second kappa shape index (κ2) is 17.6. The average molecular weight is 517 g/mol. The smallest absolute Gasteiger partial charge is 0.189 e. The Kier molecular flexibility index (Phi) is 14.2. The number of fused-ring (bicyclic) bond motifs is 3. The monoisotopic (exact) mass is 516 g/mol. The molecule has 38 heavy (non-hydrogen) atoms. The zero-order chi connectivity index (χ0) is 27.0. The second-order valence-electron chi connectivity index (χ2n) is 12.0. The van der Waals surface area contributed by atoms with Gasteiger partial charge in [-0.3, -0.25) is 4.79 Å². The highest BCUT2D eigenvalue weighted by molar-refractivity contribution is 6.26. The predicted molar refractivity (Wildman–Crippen MR) is 167 cm³/mol. The molecular weight excluding hydrogens is 460 g/mol. The number of hydrogen-bond acceptors (Lipinski definition) is 1. The van der Waals surface area contributed by atoms with Crippen LogP contribution in [0, 0.1) is 0 Å². The summed E-state index contributed by atoms with van der Waals surface area (Å²) in [5.41, 5.74) is 8.19. The zero-order valence-electron chi connectivity index (χ0n) is 25.1. The molecular formula is C37H56O. The van der Waals surface area contributed by atoms with Gasteiger partial charge in [0.2, 0.25) is 0 Å². The summed E-state index contributed by atoms with van der Waals surface area (Å²) in [6, 6.07) is 8.50. The zero-order valence-corrected chi connectivity index (χ0v) is 25.1. The van der Waals surface area contributed by atoms with Crippen LogP contribution in [0.15, 0.2) is 46.6 Å². The molecule has 2 aliphatic rings. The molecule has 3 rings (SSSR count). The van der Waals surface area contributed by atoms with Crippen molar-refractivity contribution in [2.75, 3.05) is 0 Å². The standard InChI is InChI=1S/C37H56O/c1-4-5-6-7-8-9-10-11-12-13-14-15-16-17-18-19-20-21-22-23-27-33-30(2)31(3)37(38)35-29-32-26-24-25-28-34(32)36(33)35/h24-26,28-29H,4-23,27H2,1-3H3. The van der Waals surface area contributed by atoms with E-state index in [1.807, 2.05) is 6.92 Å². The lowest BCUT2D eigenvalue weighted by Crippen LogP contribution is -2.14. The molecule has 0 fully saturated rings. The number of unbranched alkanes of at least 4 members (excludes halogenated alkanes) is 19. The van der Waals surface area contributed by atoms with Gasteiger partial charge in [-0.2, -0.15) is 0 Å². The van der Waals surface area contributed by atoms with Gasteiger partial charge in [0.25, 0.3) is 0 Å². The first-order valence-corrected chi connectivity index (χ1v) is 16.4. The molecule has 0 unspecified atom stereocenters. The molecule has 0 aliphatic heterocycles. The van der Waals surface area contributed by atoms with Crippen LogP contribution in [-0.2, 0) is 4.79 Å². The molecule has 0 atom stereocenters. The van der Waals surface area contributed by atoms with Gasteiger partial charge < -0.3 is 0 Å². The molecule has 1 nitrogen and oxygen atoms in total. The van der Waals surface area contributed by atoms with Crippen LogP contribution >= 0.6 is 0 Å². The summed E-state index contributed by atoms with van der Waals surface area (Å²) in [6.45, 7) is 6.46.